The van der Waals surface area contributed by atoms with Gasteiger partial charge in [0.1, 0.15) is 13.2 Å². The van der Waals surface area contributed by atoms with Crippen LogP contribution in [0.1, 0.15) is 17.0 Å². The summed E-state index contributed by atoms with van der Waals surface area (Å²) >= 11 is 1.31. The van der Waals surface area contributed by atoms with Gasteiger partial charge in [-0.2, -0.15) is 0 Å². The van der Waals surface area contributed by atoms with E-state index in [-0.39, 0.29) is 25.0 Å². The standard InChI is InChI=1S/C20H17N3O3S/c24-18(23-19-21-9-10-27-19)11-22-20(25)26-12-17-15-7-3-1-5-13(15)14-6-2-4-8-16(14)17/h1-10,17H,11-12H2,(H,22,25)(H,21,23,24). The number of alkyl carbamates (subject to hydrolysis) is 1. The molecule has 1 aliphatic rings. The number of nitrogens with one attached hydrogen (secondary N) is 2. The lowest BCUT2D eigenvalue weighted by atomic mass is 9.98. The molecule has 0 atom stereocenters. The first-order valence-electron chi connectivity index (χ1n) is 8.50. The van der Waals surface area contributed by atoms with Gasteiger partial charge in [0.25, 0.3) is 0 Å². The molecule has 0 fully saturated rings. The first kappa shape index (κ1) is 17.2. The zero-order valence-electron chi connectivity index (χ0n) is 14.3. The van der Waals surface area contributed by atoms with Crippen LogP contribution in [0.15, 0.2) is 60.1 Å². The van der Waals surface area contributed by atoms with Crippen LogP contribution in [0.25, 0.3) is 11.1 Å². The molecule has 3 aromatic rings. The maximum absolute atomic E-state index is 12.0. The van der Waals surface area contributed by atoms with E-state index in [1.807, 2.05) is 24.3 Å². The van der Waals surface area contributed by atoms with Crippen LogP contribution < -0.4 is 10.6 Å². The van der Waals surface area contributed by atoms with Gasteiger partial charge in [0.2, 0.25) is 5.91 Å². The normalized spacial score (nSPS) is 12.1. The van der Waals surface area contributed by atoms with Crippen molar-refractivity contribution in [2.45, 2.75) is 5.92 Å². The number of carbonyl (C=O) groups excluding carboxylic acids is 2. The molecule has 0 saturated carbocycles. The van der Waals surface area contributed by atoms with E-state index in [1.165, 1.54) is 22.5 Å². The van der Waals surface area contributed by atoms with Crippen LogP contribution >= 0.6 is 11.3 Å². The quantitative estimate of drug-likeness (QED) is 0.710. The fourth-order valence-electron chi connectivity index (χ4n) is 3.25. The van der Waals surface area contributed by atoms with Crippen molar-refractivity contribution in [3.05, 3.63) is 71.2 Å². The highest BCUT2D eigenvalue weighted by Gasteiger charge is 2.28. The number of aromatic nitrogens is 1. The molecule has 0 spiro atoms. The molecule has 27 heavy (non-hydrogen) atoms. The SMILES string of the molecule is O=C(CNC(=O)OCC1c2ccccc2-c2ccccc21)Nc1nccs1. The third-order valence-corrected chi connectivity index (χ3v) is 5.10. The number of benzene rings is 2. The number of amides is 2. The number of carbonyl (C=O) groups is 2. The second-order valence-corrected chi connectivity index (χ2v) is 6.96. The zero-order chi connectivity index (χ0) is 18.6. The molecule has 1 heterocycles. The number of hydrogen-bond donors (Lipinski definition) is 2. The summed E-state index contributed by atoms with van der Waals surface area (Å²) in [7, 11) is 0. The van der Waals surface area contributed by atoms with Crippen LogP contribution in [0, 0.1) is 0 Å². The van der Waals surface area contributed by atoms with E-state index in [9.17, 15) is 9.59 Å². The van der Waals surface area contributed by atoms with E-state index in [2.05, 4.69) is 39.9 Å². The molecule has 0 aliphatic heterocycles. The third kappa shape index (κ3) is 3.68. The number of fused-ring (bicyclic) bond motifs is 3. The molecule has 0 saturated heterocycles. The summed E-state index contributed by atoms with van der Waals surface area (Å²) in [5.74, 6) is -0.356. The number of rotatable bonds is 5. The van der Waals surface area contributed by atoms with Gasteiger partial charge < -0.3 is 15.4 Å². The Balaban J connectivity index is 1.35. The lowest BCUT2D eigenvalue weighted by Crippen LogP contribution is -2.33. The largest absolute Gasteiger partial charge is 0.449 e. The second-order valence-electron chi connectivity index (χ2n) is 6.06. The zero-order valence-corrected chi connectivity index (χ0v) is 15.2. The average Bonchev–Trinajstić information content (AvgIpc) is 3.31. The minimum atomic E-state index is -0.619. The van der Waals surface area contributed by atoms with Crippen molar-refractivity contribution in [2.75, 3.05) is 18.5 Å². The van der Waals surface area contributed by atoms with E-state index >= 15 is 0 Å². The highest BCUT2D eigenvalue weighted by Crippen LogP contribution is 2.44. The van der Waals surface area contributed by atoms with Crippen molar-refractivity contribution in [1.82, 2.24) is 10.3 Å². The Bertz CT molecular complexity index is 927. The van der Waals surface area contributed by atoms with Gasteiger partial charge in [-0.15, -0.1) is 11.3 Å². The Morgan fingerprint density at radius 2 is 1.70 bits per heavy atom. The number of nitrogens with zero attached hydrogens (tertiary/aromatic N) is 1. The molecule has 2 amide bonds. The first-order valence-corrected chi connectivity index (χ1v) is 9.38. The van der Waals surface area contributed by atoms with E-state index in [4.69, 9.17) is 4.74 Å². The van der Waals surface area contributed by atoms with Gasteiger partial charge >= 0.3 is 6.09 Å². The van der Waals surface area contributed by atoms with Crippen LogP contribution in [-0.4, -0.2) is 30.1 Å². The number of ether oxygens (including phenoxy) is 1. The van der Waals surface area contributed by atoms with Crippen molar-refractivity contribution in [1.29, 1.82) is 0 Å². The summed E-state index contributed by atoms with van der Waals surface area (Å²) in [5, 5.41) is 7.32. The monoisotopic (exact) mass is 379 g/mol. The smallest absolute Gasteiger partial charge is 0.407 e. The Kier molecular flexibility index (Phi) is 4.84. The van der Waals surface area contributed by atoms with Crippen molar-refractivity contribution in [3.63, 3.8) is 0 Å². The molecule has 0 radical (unpaired) electrons. The van der Waals surface area contributed by atoms with Crippen LogP contribution in [0.5, 0.6) is 0 Å². The Morgan fingerprint density at radius 3 is 2.33 bits per heavy atom. The van der Waals surface area contributed by atoms with Gasteiger partial charge in [-0.25, -0.2) is 9.78 Å². The maximum Gasteiger partial charge on any atom is 0.407 e. The van der Waals surface area contributed by atoms with Crippen LogP contribution in [0.3, 0.4) is 0 Å². The first-order chi connectivity index (χ1) is 13.2. The molecule has 0 unspecified atom stereocenters. The van der Waals surface area contributed by atoms with E-state index in [0.29, 0.717) is 5.13 Å². The molecule has 136 valence electrons. The van der Waals surface area contributed by atoms with E-state index < -0.39 is 6.09 Å². The highest BCUT2D eigenvalue weighted by atomic mass is 32.1. The van der Waals surface area contributed by atoms with Crippen molar-refractivity contribution >= 4 is 28.5 Å². The Hall–Kier alpha value is -3.19. The fourth-order valence-corrected chi connectivity index (χ4v) is 3.80. The summed E-state index contributed by atoms with van der Waals surface area (Å²) in [4.78, 5) is 27.7. The molecule has 7 heteroatoms. The van der Waals surface area contributed by atoms with Gasteiger partial charge in [-0.05, 0) is 22.3 Å². The Labute approximate surface area is 160 Å². The predicted molar refractivity (Wildman–Crippen MR) is 104 cm³/mol. The summed E-state index contributed by atoms with van der Waals surface area (Å²) in [6.07, 6.45) is 0.977. The number of anilines is 1. The molecule has 2 aromatic carbocycles. The topological polar surface area (TPSA) is 80.3 Å². The average molecular weight is 379 g/mol. The van der Waals surface area contributed by atoms with Crippen LogP contribution in [0.2, 0.25) is 0 Å². The van der Waals surface area contributed by atoms with Crippen LogP contribution in [0.4, 0.5) is 9.93 Å². The summed E-state index contributed by atoms with van der Waals surface area (Å²) in [6.45, 7) is 0.0458. The predicted octanol–water partition coefficient (Wildman–Crippen LogP) is 3.62. The van der Waals surface area contributed by atoms with Gasteiger partial charge in [0.15, 0.2) is 5.13 Å². The van der Waals surface area contributed by atoms with Crippen LogP contribution in [-0.2, 0) is 9.53 Å². The van der Waals surface area contributed by atoms with Gasteiger partial charge in [0.05, 0.1) is 0 Å². The van der Waals surface area contributed by atoms with E-state index in [0.717, 1.165) is 11.1 Å². The molecular weight excluding hydrogens is 362 g/mol. The lowest BCUT2D eigenvalue weighted by Gasteiger charge is -2.14. The molecule has 2 N–H and O–H groups in total. The molecule has 0 bridgehead atoms. The fraction of sp³-hybridized carbons (Fsp3) is 0.150. The maximum atomic E-state index is 12.0. The highest BCUT2D eigenvalue weighted by molar-refractivity contribution is 7.13. The molecule has 4 rings (SSSR count). The number of thiazole rings is 1. The van der Waals surface area contributed by atoms with Crippen molar-refractivity contribution < 1.29 is 14.3 Å². The summed E-state index contributed by atoms with van der Waals surface area (Å²) in [6, 6.07) is 16.3. The summed E-state index contributed by atoms with van der Waals surface area (Å²) < 4.78 is 5.38. The molecular formula is C20H17N3O3S. The van der Waals surface area contributed by atoms with Gasteiger partial charge in [-0.3, -0.25) is 4.79 Å². The van der Waals surface area contributed by atoms with Gasteiger partial charge in [-0.1, -0.05) is 48.5 Å². The molecule has 1 aromatic heterocycles. The minimum Gasteiger partial charge on any atom is -0.449 e. The minimum absolute atomic E-state index is 0.00713. The second kappa shape index (κ2) is 7.59. The Morgan fingerprint density at radius 1 is 1.04 bits per heavy atom. The van der Waals surface area contributed by atoms with E-state index in [1.54, 1.807) is 11.6 Å². The molecule has 6 nitrogen and oxygen atoms in total. The third-order valence-electron chi connectivity index (χ3n) is 4.42. The van der Waals surface area contributed by atoms with Crippen molar-refractivity contribution in [2.24, 2.45) is 0 Å². The van der Waals surface area contributed by atoms with Gasteiger partial charge in [0, 0.05) is 17.5 Å². The molecule has 1 aliphatic carbocycles. The van der Waals surface area contributed by atoms with Crippen molar-refractivity contribution in [3.8, 4) is 11.1 Å². The lowest BCUT2D eigenvalue weighted by molar-refractivity contribution is -0.115. The number of hydrogen-bond acceptors (Lipinski definition) is 5. The summed E-state index contributed by atoms with van der Waals surface area (Å²) in [5.41, 5.74) is 4.64.